The van der Waals surface area contributed by atoms with Crippen LogP contribution in [-0.2, 0) is 4.79 Å². The number of benzene rings is 1. The number of nitrogens with one attached hydrogen (secondary N) is 1. The van der Waals surface area contributed by atoms with Crippen LogP contribution in [0.2, 0.25) is 0 Å². The van der Waals surface area contributed by atoms with Gasteiger partial charge < -0.3 is 10.2 Å². The number of hydrogen-bond acceptors (Lipinski definition) is 4. The molecule has 1 aromatic carbocycles. The highest BCUT2D eigenvalue weighted by molar-refractivity contribution is 6.52. The zero-order valence-electron chi connectivity index (χ0n) is 12.4. The van der Waals surface area contributed by atoms with Gasteiger partial charge in [-0.1, -0.05) is 12.1 Å². The number of aromatic nitrogens is 2. The average Bonchev–Trinajstić information content (AvgIpc) is 2.95. The van der Waals surface area contributed by atoms with Gasteiger partial charge in [-0.25, -0.2) is 9.97 Å². The Labute approximate surface area is 144 Å². The number of alkyl halides is 2. The highest BCUT2D eigenvalue weighted by atomic mass is 35.5. The third kappa shape index (κ3) is 2.83. The number of nitrogens with zero attached hydrogens (tertiary/aromatic N) is 3. The minimum Gasteiger partial charge on any atom is -0.354 e. The summed E-state index contributed by atoms with van der Waals surface area (Å²) in [6, 6.07) is 7.65. The lowest BCUT2D eigenvalue weighted by Crippen LogP contribution is -2.24. The molecule has 2 aromatic rings. The molecule has 1 unspecified atom stereocenters. The molecule has 4 rings (SSSR count). The van der Waals surface area contributed by atoms with Gasteiger partial charge >= 0.3 is 0 Å². The van der Waals surface area contributed by atoms with Crippen molar-refractivity contribution in [2.75, 3.05) is 23.3 Å². The lowest BCUT2D eigenvalue weighted by atomic mass is 10.3. The SMILES string of the molecule is O=C(Nc1nc2ccccc2nc1N1CCCC1)C1CC1(Cl)Cl. The molecule has 0 spiro atoms. The van der Waals surface area contributed by atoms with Crippen LogP contribution < -0.4 is 10.2 Å². The first-order valence-corrected chi connectivity index (χ1v) is 8.51. The fourth-order valence-electron chi connectivity index (χ4n) is 2.93. The zero-order valence-corrected chi connectivity index (χ0v) is 13.9. The summed E-state index contributed by atoms with van der Waals surface area (Å²) in [4.78, 5) is 23.8. The fourth-order valence-corrected chi connectivity index (χ4v) is 3.43. The van der Waals surface area contributed by atoms with E-state index in [2.05, 4.69) is 15.2 Å². The number of hydrogen-bond donors (Lipinski definition) is 1. The third-order valence-electron chi connectivity index (χ3n) is 4.34. The molecule has 1 N–H and O–H groups in total. The molecule has 2 heterocycles. The lowest BCUT2D eigenvalue weighted by molar-refractivity contribution is -0.117. The van der Waals surface area contributed by atoms with Crippen LogP contribution in [-0.4, -0.2) is 33.3 Å². The predicted octanol–water partition coefficient (Wildman–Crippen LogP) is 3.36. The van der Waals surface area contributed by atoms with E-state index in [1.807, 2.05) is 24.3 Å². The van der Waals surface area contributed by atoms with Crippen LogP contribution >= 0.6 is 23.2 Å². The van der Waals surface area contributed by atoms with E-state index in [-0.39, 0.29) is 11.8 Å². The quantitative estimate of drug-likeness (QED) is 0.862. The molecule has 5 nitrogen and oxygen atoms in total. The summed E-state index contributed by atoms with van der Waals surface area (Å²) in [5.41, 5.74) is 1.58. The maximum absolute atomic E-state index is 12.3. The summed E-state index contributed by atoms with van der Waals surface area (Å²) in [6.45, 7) is 1.85. The Morgan fingerprint density at radius 3 is 2.39 bits per heavy atom. The molecule has 1 saturated heterocycles. The summed E-state index contributed by atoms with van der Waals surface area (Å²) in [6.07, 6.45) is 2.72. The maximum Gasteiger partial charge on any atom is 0.231 e. The molecule has 1 atom stereocenters. The second kappa shape index (κ2) is 5.49. The Bertz CT molecular complexity index is 774. The third-order valence-corrected chi connectivity index (χ3v) is 5.18. The zero-order chi connectivity index (χ0) is 16.0. The standard InChI is InChI=1S/C16H16Cl2N4O/c17-16(18)9-10(16)15(23)21-13-14(22-7-3-4-8-22)20-12-6-2-1-5-11(12)19-13/h1-2,5-6,10H,3-4,7-9H2,(H,19,21,23). The first-order valence-electron chi connectivity index (χ1n) is 7.75. The van der Waals surface area contributed by atoms with E-state index >= 15 is 0 Å². The van der Waals surface area contributed by atoms with E-state index in [9.17, 15) is 4.79 Å². The van der Waals surface area contributed by atoms with Crippen LogP contribution in [0.25, 0.3) is 11.0 Å². The van der Waals surface area contributed by atoms with Crippen molar-refractivity contribution in [2.45, 2.75) is 23.6 Å². The molecule has 1 saturated carbocycles. The number of fused-ring (bicyclic) bond motifs is 1. The first kappa shape index (κ1) is 15.0. The van der Waals surface area contributed by atoms with E-state index in [1.54, 1.807) is 0 Å². The first-order chi connectivity index (χ1) is 11.0. The minimum absolute atomic E-state index is 0.194. The second-order valence-electron chi connectivity index (χ2n) is 6.09. The van der Waals surface area contributed by atoms with Crippen molar-refractivity contribution in [3.8, 4) is 0 Å². The van der Waals surface area contributed by atoms with E-state index in [0.717, 1.165) is 42.8 Å². The smallest absolute Gasteiger partial charge is 0.231 e. The van der Waals surface area contributed by atoms with Gasteiger partial charge in [-0.05, 0) is 31.4 Å². The Morgan fingerprint density at radius 1 is 1.17 bits per heavy atom. The van der Waals surface area contributed by atoms with Crippen LogP contribution in [0.5, 0.6) is 0 Å². The summed E-state index contributed by atoms with van der Waals surface area (Å²) in [5, 5.41) is 2.87. The predicted molar refractivity (Wildman–Crippen MR) is 92.2 cm³/mol. The normalized spacial score (nSPS) is 22.3. The number of halogens is 2. The van der Waals surface area contributed by atoms with E-state index < -0.39 is 4.33 Å². The molecule has 1 amide bonds. The van der Waals surface area contributed by atoms with Crippen molar-refractivity contribution in [3.05, 3.63) is 24.3 Å². The molecule has 0 bridgehead atoms. The Kier molecular flexibility index (Phi) is 3.58. The molecule has 2 aliphatic rings. The summed E-state index contributed by atoms with van der Waals surface area (Å²) >= 11 is 12.0. The van der Waals surface area contributed by atoms with Gasteiger partial charge in [0.2, 0.25) is 5.91 Å². The van der Waals surface area contributed by atoms with Crippen molar-refractivity contribution in [2.24, 2.45) is 5.92 Å². The van der Waals surface area contributed by atoms with Crippen molar-refractivity contribution in [1.29, 1.82) is 0 Å². The molecule has 0 radical (unpaired) electrons. The van der Waals surface area contributed by atoms with Crippen molar-refractivity contribution >= 4 is 51.8 Å². The van der Waals surface area contributed by atoms with Crippen LogP contribution in [0.15, 0.2) is 24.3 Å². The minimum atomic E-state index is -0.942. The van der Waals surface area contributed by atoms with E-state index in [0.29, 0.717) is 12.2 Å². The summed E-state index contributed by atoms with van der Waals surface area (Å²) in [5.74, 6) is 0.641. The van der Waals surface area contributed by atoms with Gasteiger partial charge in [-0.3, -0.25) is 4.79 Å². The van der Waals surface area contributed by atoms with Crippen LogP contribution in [0.4, 0.5) is 11.6 Å². The monoisotopic (exact) mass is 350 g/mol. The Hall–Kier alpha value is -1.59. The van der Waals surface area contributed by atoms with Gasteiger partial charge in [0.1, 0.15) is 4.33 Å². The Balaban J connectivity index is 1.70. The van der Waals surface area contributed by atoms with E-state index in [4.69, 9.17) is 28.2 Å². The number of carbonyl (C=O) groups is 1. The number of anilines is 2. The van der Waals surface area contributed by atoms with Crippen molar-refractivity contribution in [1.82, 2.24) is 9.97 Å². The van der Waals surface area contributed by atoms with Crippen LogP contribution in [0.3, 0.4) is 0 Å². The second-order valence-corrected chi connectivity index (χ2v) is 7.63. The van der Waals surface area contributed by atoms with Gasteiger partial charge in [0.25, 0.3) is 0 Å². The topological polar surface area (TPSA) is 58.1 Å². The van der Waals surface area contributed by atoms with Crippen molar-refractivity contribution < 1.29 is 4.79 Å². The van der Waals surface area contributed by atoms with E-state index in [1.165, 1.54) is 0 Å². The molecule has 23 heavy (non-hydrogen) atoms. The van der Waals surface area contributed by atoms with Crippen molar-refractivity contribution in [3.63, 3.8) is 0 Å². The molecule has 1 aliphatic heterocycles. The molecular weight excluding hydrogens is 335 g/mol. The maximum atomic E-state index is 12.3. The van der Waals surface area contributed by atoms with Gasteiger partial charge in [0.15, 0.2) is 11.6 Å². The Morgan fingerprint density at radius 2 is 1.78 bits per heavy atom. The fraction of sp³-hybridized carbons (Fsp3) is 0.438. The highest BCUT2D eigenvalue weighted by Crippen LogP contribution is 2.53. The molecule has 1 aliphatic carbocycles. The number of amides is 1. The summed E-state index contributed by atoms with van der Waals surface area (Å²) < 4.78 is -0.942. The molecular formula is C16H16Cl2N4O. The summed E-state index contributed by atoms with van der Waals surface area (Å²) in [7, 11) is 0. The largest absolute Gasteiger partial charge is 0.354 e. The van der Waals surface area contributed by atoms with Gasteiger partial charge in [-0.15, -0.1) is 23.2 Å². The van der Waals surface area contributed by atoms with Gasteiger partial charge in [0, 0.05) is 13.1 Å². The highest BCUT2D eigenvalue weighted by Gasteiger charge is 2.56. The van der Waals surface area contributed by atoms with Gasteiger partial charge in [-0.2, -0.15) is 0 Å². The van der Waals surface area contributed by atoms with Crippen LogP contribution in [0.1, 0.15) is 19.3 Å². The molecule has 2 fully saturated rings. The number of para-hydroxylation sites is 2. The molecule has 1 aromatic heterocycles. The molecule has 120 valence electrons. The number of carbonyl (C=O) groups excluding carboxylic acids is 1. The number of rotatable bonds is 3. The van der Waals surface area contributed by atoms with Crippen LogP contribution in [0, 0.1) is 5.92 Å². The lowest BCUT2D eigenvalue weighted by Gasteiger charge is -2.20. The molecule has 7 heteroatoms. The van der Waals surface area contributed by atoms with Gasteiger partial charge in [0.05, 0.1) is 17.0 Å². The average molecular weight is 351 g/mol.